The van der Waals surface area contributed by atoms with E-state index in [0.29, 0.717) is 11.1 Å². The van der Waals surface area contributed by atoms with Crippen molar-refractivity contribution in [3.63, 3.8) is 0 Å². The van der Waals surface area contributed by atoms with Crippen LogP contribution in [-0.2, 0) is 0 Å². The van der Waals surface area contributed by atoms with Crippen LogP contribution in [0.4, 0.5) is 11.5 Å². The van der Waals surface area contributed by atoms with E-state index >= 15 is 0 Å². The van der Waals surface area contributed by atoms with Gasteiger partial charge in [-0.3, -0.25) is 0 Å². The molecule has 0 amide bonds. The number of rotatable bonds is 4. The van der Waals surface area contributed by atoms with Gasteiger partial charge in [-0.2, -0.15) is 0 Å². The van der Waals surface area contributed by atoms with Crippen molar-refractivity contribution in [1.29, 1.82) is 0 Å². The molecule has 0 saturated heterocycles. The fourth-order valence-electron chi connectivity index (χ4n) is 1.88. The van der Waals surface area contributed by atoms with E-state index in [4.69, 9.17) is 11.6 Å². The zero-order chi connectivity index (χ0) is 14.7. The van der Waals surface area contributed by atoms with Crippen molar-refractivity contribution in [3.05, 3.63) is 46.9 Å². The van der Waals surface area contributed by atoms with Crippen LogP contribution in [0.25, 0.3) is 0 Å². The highest BCUT2D eigenvalue weighted by molar-refractivity contribution is 6.29. The monoisotopic (exact) mass is 289 g/mol. The van der Waals surface area contributed by atoms with Crippen LogP contribution >= 0.6 is 11.6 Å². The molecule has 1 heterocycles. The maximum absolute atomic E-state index is 6.05. The molecule has 20 heavy (non-hydrogen) atoms. The number of nitrogens with zero attached hydrogens (tertiary/aromatic N) is 2. The average molecular weight is 290 g/mol. The SMILES string of the molecule is CC(C)c1cccc(Nc2cc(Cl)nc(C(C)C)n2)c1. The minimum absolute atomic E-state index is 0.247. The van der Waals surface area contributed by atoms with Gasteiger partial charge < -0.3 is 5.32 Å². The van der Waals surface area contributed by atoms with Crippen molar-refractivity contribution in [3.8, 4) is 0 Å². The van der Waals surface area contributed by atoms with E-state index in [1.807, 2.05) is 12.1 Å². The molecule has 2 aromatic rings. The van der Waals surface area contributed by atoms with Gasteiger partial charge in [0.2, 0.25) is 0 Å². The molecule has 2 rings (SSSR count). The Morgan fingerprint density at radius 1 is 1.00 bits per heavy atom. The third-order valence-electron chi connectivity index (χ3n) is 3.05. The van der Waals surface area contributed by atoms with Gasteiger partial charge in [0.15, 0.2) is 0 Å². The number of aromatic nitrogens is 2. The van der Waals surface area contributed by atoms with Crippen molar-refractivity contribution in [1.82, 2.24) is 9.97 Å². The number of hydrogen-bond donors (Lipinski definition) is 1. The van der Waals surface area contributed by atoms with Gasteiger partial charge in [-0.1, -0.05) is 51.4 Å². The summed E-state index contributed by atoms with van der Waals surface area (Å²) in [5.74, 6) is 2.22. The molecular weight excluding hydrogens is 270 g/mol. The van der Waals surface area contributed by atoms with E-state index in [1.54, 1.807) is 6.07 Å². The molecule has 0 saturated carbocycles. The highest BCUT2D eigenvalue weighted by Gasteiger charge is 2.08. The molecule has 1 N–H and O–H groups in total. The largest absolute Gasteiger partial charge is 0.340 e. The van der Waals surface area contributed by atoms with Crippen LogP contribution < -0.4 is 5.32 Å². The van der Waals surface area contributed by atoms with Crippen molar-refractivity contribution in [2.75, 3.05) is 5.32 Å². The third kappa shape index (κ3) is 3.70. The Kier molecular flexibility index (Phi) is 4.61. The number of halogens is 1. The van der Waals surface area contributed by atoms with Crippen LogP contribution in [0.3, 0.4) is 0 Å². The predicted octanol–water partition coefficient (Wildman–Crippen LogP) is 5.12. The molecule has 1 aromatic carbocycles. The lowest BCUT2D eigenvalue weighted by atomic mass is 10.0. The van der Waals surface area contributed by atoms with Crippen LogP contribution in [0.2, 0.25) is 5.15 Å². The van der Waals surface area contributed by atoms with Gasteiger partial charge >= 0.3 is 0 Å². The standard InChI is InChI=1S/C16H20ClN3/c1-10(2)12-6-5-7-13(8-12)18-15-9-14(17)19-16(20-15)11(3)4/h5-11H,1-4H3,(H,18,19,20). The maximum atomic E-state index is 6.05. The fourth-order valence-corrected chi connectivity index (χ4v) is 2.07. The third-order valence-corrected chi connectivity index (χ3v) is 3.25. The normalized spacial score (nSPS) is 11.2. The second-order valence-electron chi connectivity index (χ2n) is 5.49. The zero-order valence-electron chi connectivity index (χ0n) is 12.3. The Labute approximate surface area is 125 Å². The molecule has 0 radical (unpaired) electrons. The summed E-state index contributed by atoms with van der Waals surface area (Å²) in [6.45, 7) is 8.46. The Hall–Kier alpha value is -1.61. The fraction of sp³-hybridized carbons (Fsp3) is 0.375. The molecule has 0 unspecified atom stereocenters. The lowest BCUT2D eigenvalue weighted by Crippen LogP contribution is -2.02. The van der Waals surface area contributed by atoms with Crippen molar-refractivity contribution in [2.24, 2.45) is 0 Å². The summed E-state index contributed by atoms with van der Waals surface area (Å²) in [6.07, 6.45) is 0. The quantitative estimate of drug-likeness (QED) is 0.794. The van der Waals surface area contributed by atoms with Gasteiger partial charge in [0.05, 0.1) is 0 Å². The van der Waals surface area contributed by atoms with Gasteiger partial charge in [-0.25, -0.2) is 9.97 Å². The summed E-state index contributed by atoms with van der Waals surface area (Å²) in [4.78, 5) is 8.73. The summed E-state index contributed by atoms with van der Waals surface area (Å²) < 4.78 is 0. The molecule has 0 fully saturated rings. The lowest BCUT2D eigenvalue weighted by molar-refractivity contribution is 0.776. The van der Waals surface area contributed by atoms with Crippen molar-refractivity contribution in [2.45, 2.75) is 39.5 Å². The maximum Gasteiger partial charge on any atom is 0.135 e. The summed E-state index contributed by atoms with van der Waals surface area (Å²) in [5.41, 5.74) is 2.31. The summed E-state index contributed by atoms with van der Waals surface area (Å²) in [6, 6.07) is 10.1. The molecule has 0 bridgehead atoms. The molecule has 4 heteroatoms. The van der Waals surface area contributed by atoms with E-state index in [0.717, 1.165) is 17.3 Å². The first-order valence-electron chi connectivity index (χ1n) is 6.87. The molecule has 0 aliphatic heterocycles. The minimum Gasteiger partial charge on any atom is -0.340 e. The second-order valence-corrected chi connectivity index (χ2v) is 5.88. The van der Waals surface area contributed by atoms with Crippen LogP contribution in [-0.4, -0.2) is 9.97 Å². The van der Waals surface area contributed by atoms with Gasteiger partial charge in [-0.15, -0.1) is 0 Å². The van der Waals surface area contributed by atoms with Crippen LogP contribution in [0, 0.1) is 0 Å². The van der Waals surface area contributed by atoms with E-state index < -0.39 is 0 Å². The molecule has 1 aromatic heterocycles. The molecule has 0 atom stereocenters. The molecule has 0 spiro atoms. The van der Waals surface area contributed by atoms with Gasteiger partial charge in [0, 0.05) is 17.7 Å². The molecular formula is C16H20ClN3. The highest BCUT2D eigenvalue weighted by Crippen LogP contribution is 2.23. The van der Waals surface area contributed by atoms with Gasteiger partial charge in [0.25, 0.3) is 0 Å². The summed E-state index contributed by atoms with van der Waals surface area (Å²) >= 11 is 6.05. The topological polar surface area (TPSA) is 37.8 Å². The number of hydrogen-bond acceptors (Lipinski definition) is 3. The average Bonchev–Trinajstić information content (AvgIpc) is 2.38. The smallest absolute Gasteiger partial charge is 0.135 e. The zero-order valence-corrected chi connectivity index (χ0v) is 13.1. The van der Waals surface area contributed by atoms with E-state index in [1.165, 1.54) is 5.56 Å². The van der Waals surface area contributed by atoms with E-state index in [-0.39, 0.29) is 5.92 Å². The Bertz CT molecular complexity index is 594. The Morgan fingerprint density at radius 2 is 1.75 bits per heavy atom. The van der Waals surface area contributed by atoms with Crippen LogP contribution in [0.15, 0.2) is 30.3 Å². The molecule has 3 nitrogen and oxygen atoms in total. The van der Waals surface area contributed by atoms with Crippen LogP contribution in [0.1, 0.15) is 50.9 Å². The van der Waals surface area contributed by atoms with E-state index in [2.05, 4.69) is 55.1 Å². The van der Waals surface area contributed by atoms with Gasteiger partial charge in [-0.05, 0) is 23.6 Å². The number of anilines is 2. The molecule has 106 valence electrons. The van der Waals surface area contributed by atoms with Crippen molar-refractivity contribution < 1.29 is 0 Å². The first kappa shape index (κ1) is 14.8. The summed E-state index contributed by atoms with van der Waals surface area (Å²) in [7, 11) is 0. The number of nitrogens with one attached hydrogen (secondary N) is 1. The minimum atomic E-state index is 0.247. The molecule has 0 aliphatic carbocycles. The number of benzene rings is 1. The first-order valence-corrected chi connectivity index (χ1v) is 7.25. The summed E-state index contributed by atoms with van der Waals surface area (Å²) in [5, 5.41) is 3.76. The second kappa shape index (κ2) is 6.23. The van der Waals surface area contributed by atoms with Crippen molar-refractivity contribution >= 4 is 23.1 Å². The van der Waals surface area contributed by atoms with E-state index in [9.17, 15) is 0 Å². The van der Waals surface area contributed by atoms with Gasteiger partial charge in [0.1, 0.15) is 16.8 Å². The Morgan fingerprint density at radius 3 is 2.40 bits per heavy atom. The molecule has 0 aliphatic rings. The first-order chi connectivity index (χ1) is 9.45. The van der Waals surface area contributed by atoms with Crippen LogP contribution in [0.5, 0.6) is 0 Å². The predicted molar refractivity (Wildman–Crippen MR) is 84.9 cm³/mol. The highest BCUT2D eigenvalue weighted by atomic mass is 35.5. The lowest BCUT2D eigenvalue weighted by Gasteiger charge is -2.11. The Balaban J connectivity index is 2.27.